The van der Waals surface area contributed by atoms with Crippen LogP contribution in [0.3, 0.4) is 0 Å². The molecule has 0 saturated carbocycles. The number of aromatic nitrogens is 1. The lowest BCUT2D eigenvalue weighted by molar-refractivity contribution is -0.134. The van der Waals surface area contributed by atoms with Crippen molar-refractivity contribution >= 4 is 22.7 Å². The molecule has 0 spiro atoms. The normalized spacial score (nSPS) is 18.3. The molecule has 29 heavy (non-hydrogen) atoms. The zero-order chi connectivity index (χ0) is 20.4. The minimum Gasteiger partial charge on any atom is -0.379 e. The maximum atomic E-state index is 13.2. The summed E-state index contributed by atoms with van der Waals surface area (Å²) in [6, 6.07) is 7.88. The van der Waals surface area contributed by atoms with Gasteiger partial charge in [0.1, 0.15) is 0 Å². The van der Waals surface area contributed by atoms with Gasteiger partial charge in [-0.05, 0) is 32.0 Å². The van der Waals surface area contributed by atoms with Gasteiger partial charge in [-0.25, -0.2) is 0 Å². The lowest BCUT2D eigenvalue weighted by atomic mass is 10.0. The summed E-state index contributed by atoms with van der Waals surface area (Å²) in [4.78, 5) is 36.3. The van der Waals surface area contributed by atoms with Gasteiger partial charge in [-0.1, -0.05) is 11.6 Å². The number of aryl methyl sites for hydroxylation is 2. The predicted octanol–water partition coefficient (Wildman–Crippen LogP) is 1.47. The van der Waals surface area contributed by atoms with Crippen LogP contribution in [0.25, 0.3) is 10.9 Å². The molecule has 2 fully saturated rings. The van der Waals surface area contributed by atoms with Crippen molar-refractivity contribution in [1.82, 2.24) is 19.7 Å². The second-order valence-corrected chi connectivity index (χ2v) is 7.89. The number of carbonyl (C=O) groups excluding carboxylic acids is 2. The van der Waals surface area contributed by atoms with Crippen LogP contribution in [0.2, 0.25) is 0 Å². The van der Waals surface area contributed by atoms with Crippen LogP contribution < -0.4 is 0 Å². The summed E-state index contributed by atoms with van der Waals surface area (Å²) in [5.74, 6) is 0.159. The number of piperazine rings is 1. The lowest BCUT2D eigenvalue weighted by Gasteiger charge is -2.36. The third kappa shape index (κ3) is 4.41. The molecule has 0 unspecified atom stereocenters. The van der Waals surface area contributed by atoms with Crippen molar-refractivity contribution in [3.8, 4) is 0 Å². The van der Waals surface area contributed by atoms with Crippen LogP contribution in [-0.2, 0) is 9.53 Å². The molecular weight excluding hydrogens is 368 g/mol. The van der Waals surface area contributed by atoms with E-state index in [9.17, 15) is 9.59 Å². The van der Waals surface area contributed by atoms with E-state index in [2.05, 4.69) is 9.88 Å². The van der Waals surface area contributed by atoms with Gasteiger partial charge >= 0.3 is 0 Å². The Hall–Kier alpha value is -2.51. The summed E-state index contributed by atoms with van der Waals surface area (Å²) < 4.78 is 5.34. The van der Waals surface area contributed by atoms with Crippen LogP contribution in [0, 0.1) is 13.8 Å². The molecule has 2 aromatic rings. The molecule has 0 N–H and O–H groups in total. The fourth-order valence-corrected chi connectivity index (χ4v) is 4.03. The summed E-state index contributed by atoms with van der Waals surface area (Å²) in [7, 11) is 0. The first-order valence-corrected chi connectivity index (χ1v) is 10.3. The summed E-state index contributed by atoms with van der Waals surface area (Å²) in [6.45, 7) is 9.63. The Labute approximate surface area is 171 Å². The molecule has 2 aliphatic heterocycles. The number of morpholine rings is 1. The Bertz CT molecular complexity index is 916. The van der Waals surface area contributed by atoms with Gasteiger partial charge in [-0.3, -0.25) is 19.5 Å². The molecule has 154 valence electrons. The zero-order valence-electron chi connectivity index (χ0n) is 17.2. The van der Waals surface area contributed by atoms with E-state index in [4.69, 9.17) is 4.74 Å². The first kappa shape index (κ1) is 19.8. The quantitative estimate of drug-likeness (QED) is 0.786. The van der Waals surface area contributed by atoms with E-state index in [0.717, 1.165) is 35.2 Å². The zero-order valence-corrected chi connectivity index (χ0v) is 17.2. The van der Waals surface area contributed by atoms with Crippen LogP contribution in [-0.4, -0.2) is 90.5 Å². The number of hydrogen-bond acceptors (Lipinski definition) is 5. The molecule has 7 nitrogen and oxygen atoms in total. The van der Waals surface area contributed by atoms with Gasteiger partial charge in [0.2, 0.25) is 5.91 Å². The van der Waals surface area contributed by atoms with Crippen molar-refractivity contribution in [1.29, 1.82) is 0 Å². The highest BCUT2D eigenvalue weighted by Crippen LogP contribution is 2.22. The average Bonchev–Trinajstić information content (AvgIpc) is 2.74. The topological polar surface area (TPSA) is 66.0 Å². The fourth-order valence-electron chi connectivity index (χ4n) is 4.03. The second-order valence-electron chi connectivity index (χ2n) is 7.89. The number of ether oxygens (including phenoxy) is 1. The highest BCUT2D eigenvalue weighted by molar-refractivity contribution is 6.06. The molecule has 0 radical (unpaired) electrons. The number of benzene rings is 1. The van der Waals surface area contributed by atoms with Crippen LogP contribution in [0.15, 0.2) is 24.3 Å². The van der Waals surface area contributed by atoms with Gasteiger partial charge in [0, 0.05) is 50.3 Å². The summed E-state index contributed by atoms with van der Waals surface area (Å²) in [5, 5.41) is 0.895. The molecule has 2 amide bonds. The van der Waals surface area contributed by atoms with Crippen LogP contribution in [0.1, 0.15) is 21.6 Å². The minimum absolute atomic E-state index is 0.0198. The second kappa shape index (κ2) is 8.47. The number of nitrogens with zero attached hydrogens (tertiary/aromatic N) is 4. The summed E-state index contributed by atoms with van der Waals surface area (Å²) in [6.07, 6.45) is 0. The van der Waals surface area contributed by atoms with Gasteiger partial charge < -0.3 is 14.5 Å². The predicted molar refractivity (Wildman–Crippen MR) is 111 cm³/mol. The average molecular weight is 396 g/mol. The van der Waals surface area contributed by atoms with Crippen molar-refractivity contribution in [2.24, 2.45) is 0 Å². The maximum absolute atomic E-state index is 13.2. The smallest absolute Gasteiger partial charge is 0.254 e. The van der Waals surface area contributed by atoms with Crippen LogP contribution in [0.5, 0.6) is 0 Å². The first-order chi connectivity index (χ1) is 14.0. The van der Waals surface area contributed by atoms with E-state index in [-0.39, 0.29) is 11.8 Å². The van der Waals surface area contributed by atoms with Crippen LogP contribution in [0.4, 0.5) is 0 Å². The Morgan fingerprint density at radius 2 is 1.66 bits per heavy atom. The van der Waals surface area contributed by atoms with E-state index >= 15 is 0 Å². The van der Waals surface area contributed by atoms with Gasteiger partial charge in [-0.15, -0.1) is 0 Å². The third-order valence-corrected chi connectivity index (χ3v) is 5.70. The van der Waals surface area contributed by atoms with Gasteiger partial charge in [0.25, 0.3) is 5.91 Å². The number of amides is 2. The Morgan fingerprint density at radius 3 is 2.38 bits per heavy atom. The van der Waals surface area contributed by atoms with Crippen molar-refractivity contribution in [3.63, 3.8) is 0 Å². The number of hydrogen-bond donors (Lipinski definition) is 0. The first-order valence-electron chi connectivity index (χ1n) is 10.3. The highest BCUT2D eigenvalue weighted by atomic mass is 16.5. The number of carbonyl (C=O) groups is 2. The SMILES string of the molecule is Cc1ccc2nc(C)cc(C(=O)N3CCN(C(=O)CN4CCOCC4)CC3)c2c1. The summed E-state index contributed by atoms with van der Waals surface area (Å²) in [5.41, 5.74) is 3.49. The van der Waals surface area contributed by atoms with E-state index < -0.39 is 0 Å². The molecule has 1 aromatic carbocycles. The summed E-state index contributed by atoms with van der Waals surface area (Å²) >= 11 is 0. The molecular formula is C22H28N4O3. The molecule has 0 aliphatic carbocycles. The Morgan fingerprint density at radius 1 is 0.966 bits per heavy atom. The van der Waals surface area contributed by atoms with Gasteiger partial charge in [-0.2, -0.15) is 0 Å². The Kier molecular flexibility index (Phi) is 5.78. The van der Waals surface area contributed by atoms with Crippen molar-refractivity contribution in [3.05, 3.63) is 41.1 Å². The largest absolute Gasteiger partial charge is 0.379 e. The maximum Gasteiger partial charge on any atom is 0.254 e. The van der Waals surface area contributed by atoms with Crippen LogP contribution >= 0.6 is 0 Å². The molecule has 1 aromatic heterocycles. The van der Waals surface area contributed by atoms with E-state index in [1.807, 2.05) is 47.9 Å². The Balaban J connectivity index is 1.42. The molecule has 2 aliphatic rings. The van der Waals surface area contributed by atoms with Crippen molar-refractivity contribution in [2.75, 3.05) is 59.0 Å². The van der Waals surface area contributed by atoms with Crippen molar-refractivity contribution in [2.45, 2.75) is 13.8 Å². The van der Waals surface area contributed by atoms with E-state index in [1.165, 1.54) is 0 Å². The standard InChI is InChI=1S/C22H28N4O3/c1-16-3-4-20-18(13-16)19(14-17(2)23-20)22(28)26-7-5-25(6-8-26)21(27)15-24-9-11-29-12-10-24/h3-4,13-14H,5-12,15H2,1-2H3. The van der Waals surface area contributed by atoms with E-state index in [1.54, 1.807) is 0 Å². The molecule has 2 saturated heterocycles. The molecule has 7 heteroatoms. The minimum atomic E-state index is 0.0198. The number of fused-ring (bicyclic) bond motifs is 1. The monoisotopic (exact) mass is 396 g/mol. The molecule has 0 bridgehead atoms. The number of rotatable bonds is 3. The third-order valence-electron chi connectivity index (χ3n) is 5.70. The highest BCUT2D eigenvalue weighted by Gasteiger charge is 2.27. The molecule has 3 heterocycles. The van der Waals surface area contributed by atoms with Crippen molar-refractivity contribution < 1.29 is 14.3 Å². The fraction of sp³-hybridized carbons (Fsp3) is 0.500. The number of pyridine rings is 1. The molecule has 4 rings (SSSR count). The molecule has 0 atom stereocenters. The van der Waals surface area contributed by atoms with E-state index in [0.29, 0.717) is 51.5 Å². The lowest BCUT2D eigenvalue weighted by Crippen LogP contribution is -2.53. The van der Waals surface area contributed by atoms with Gasteiger partial charge in [0.15, 0.2) is 0 Å². The van der Waals surface area contributed by atoms with Gasteiger partial charge in [0.05, 0.1) is 30.8 Å².